The van der Waals surface area contributed by atoms with Crippen molar-refractivity contribution in [1.29, 1.82) is 0 Å². The molecule has 0 unspecified atom stereocenters. The number of hydrogen-bond acceptors (Lipinski definition) is 5. The maximum atomic E-state index is 11.9. The van der Waals surface area contributed by atoms with Crippen molar-refractivity contribution in [2.24, 2.45) is 0 Å². The van der Waals surface area contributed by atoms with Crippen molar-refractivity contribution in [2.75, 3.05) is 5.32 Å². The average molecular weight is 258 g/mol. The number of hydrogen-bond donors (Lipinski definition) is 2. The average Bonchev–Trinajstić information content (AvgIpc) is 2.39. The van der Waals surface area contributed by atoms with Gasteiger partial charge in [0.1, 0.15) is 0 Å². The number of nitrogens with one attached hydrogen (secondary N) is 1. The number of nitrogens with zero attached hydrogens (tertiary/aromatic N) is 3. The molecule has 96 valence electrons. The monoisotopic (exact) mass is 258 g/mol. The van der Waals surface area contributed by atoms with Gasteiger partial charge >= 0.3 is 5.97 Å². The minimum atomic E-state index is -1.26. The van der Waals surface area contributed by atoms with Gasteiger partial charge in [0.25, 0.3) is 5.91 Å². The van der Waals surface area contributed by atoms with Crippen LogP contribution < -0.4 is 5.32 Å². The summed E-state index contributed by atoms with van der Waals surface area (Å²) >= 11 is 0. The predicted octanol–water partition coefficient (Wildman–Crippen LogP) is 1.13. The number of anilines is 1. The van der Waals surface area contributed by atoms with Crippen LogP contribution in [-0.2, 0) is 0 Å². The van der Waals surface area contributed by atoms with E-state index in [1.807, 2.05) is 0 Å². The second kappa shape index (κ2) is 5.21. The van der Waals surface area contributed by atoms with E-state index in [0.29, 0.717) is 5.56 Å². The first-order valence-electron chi connectivity index (χ1n) is 5.36. The normalized spacial score (nSPS) is 9.95. The molecule has 0 aliphatic rings. The van der Waals surface area contributed by atoms with Gasteiger partial charge in [0.15, 0.2) is 11.5 Å². The van der Waals surface area contributed by atoms with E-state index in [1.165, 1.54) is 18.6 Å². The number of carbonyl (C=O) groups excluding carboxylic acids is 1. The Labute approximate surface area is 108 Å². The van der Waals surface area contributed by atoms with Crippen LogP contribution in [0.15, 0.2) is 30.7 Å². The molecule has 0 fully saturated rings. The maximum absolute atomic E-state index is 11.9. The van der Waals surface area contributed by atoms with E-state index in [1.54, 1.807) is 19.1 Å². The van der Waals surface area contributed by atoms with Crippen LogP contribution in [0.25, 0.3) is 0 Å². The van der Waals surface area contributed by atoms with Gasteiger partial charge in [-0.1, -0.05) is 0 Å². The van der Waals surface area contributed by atoms with Gasteiger partial charge in [-0.15, -0.1) is 0 Å². The lowest BCUT2D eigenvalue weighted by Crippen LogP contribution is -2.17. The predicted molar refractivity (Wildman–Crippen MR) is 65.9 cm³/mol. The van der Waals surface area contributed by atoms with E-state index in [2.05, 4.69) is 20.3 Å². The Hall–Kier alpha value is -2.83. The van der Waals surface area contributed by atoms with Crippen LogP contribution in [0.4, 0.5) is 5.82 Å². The number of carboxylic acid groups (broad SMARTS) is 1. The first-order chi connectivity index (χ1) is 9.08. The van der Waals surface area contributed by atoms with Crippen molar-refractivity contribution in [1.82, 2.24) is 15.0 Å². The van der Waals surface area contributed by atoms with Gasteiger partial charge in [-0.25, -0.2) is 14.8 Å². The van der Waals surface area contributed by atoms with E-state index in [9.17, 15) is 9.59 Å². The standard InChI is InChI=1S/C12H10N4O3/c1-7-2-3-8(6-15-7)11(17)16-10-9(12(18)19)13-4-5-14-10/h2-6H,1H3,(H,18,19)(H,14,16,17). The Bertz CT molecular complexity index is 625. The third kappa shape index (κ3) is 2.89. The third-order valence-corrected chi connectivity index (χ3v) is 2.31. The lowest BCUT2D eigenvalue weighted by Gasteiger charge is -2.06. The largest absolute Gasteiger partial charge is 0.476 e. The van der Waals surface area contributed by atoms with Crippen LogP contribution in [0.1, 0.15) is 26.5 Å². The van der Waals surface area contributed by atoms with Crippen molar-refractivity contribution in [3.05, 3.63) is 47.7 Å². The van der Waals surface area contributed by atoms with Crippen LogP contribution in [0, 0.1) is 6.92 Å². The molecule has 2 rings (SSSR count). The number of amides is 1. The number of rotatable bonds is 3. The Balaban J connectivity index is 2.24. The minimum absolute atomic E-state index is 0.0967. The number of carbonyl (C=O) groups is 2. The van der Waals surface area contributed by atoms with Crippen LogP contribution in [-0.4, -0.2) is 31.9 Å². The van der Waals surface area contributed by atoms with Gasteiger partial charge < -0.3 is 10.4 Å². The summed E-state index contributed by atoms with van der Waals surface area (Å²) in [6.45, 7) is 1.80. The molecule has 0 saturated heterocycles. The number of aromatic carboxylic acids is 1. The molecule has 7 nitrogen and oxygen atoms in total. The summed E-state index contributed by atoms with van der Waals surface area (Å²) in [5.74, 6) is -1.85. The smallest absolute Gasteiger partial charge is 0.358 e. The molecular weight excluding hydrogens is 248 g/mol. The van der Waals surface area contributed by atoms with E-state index >= 15 is 0 Å². The number of pyridine rings is 1. The number of carboxylic acids is 1. The van der Waals surface area contributed by atoms with E-state index in [0.717, 1.165) is 5.69 Å². The van der Waals surface area contributed by atoms with Crippen molar-refractivity contribution in [2.45, 2.75) is 6.92 Å². The molecule has 0 radical (unpaired) electrons. The van der Waals surface area contributed by atoms with Gasteiger partial charge in [-0.2, -0.15) is 0 Å². The third-order valence-electron chi connectivity index (χ3n) is 2.31. The molecule has 2 N–H and O–H groups in total. The lowest BCUT2D eigenvalue weighted by molar-refractivity contribution is 0.0691. The fourth-order valence-corrected chi connectivity index (χ4v) is 1.37. The second-order valence-electron chi connectivity index (χ2n) is 3.70. The molecular formula is C12H10N4O3. The van der Waals surface area contributed by atoms with Crippen LogP contribution in [0.2, 0.25) is 0 Å². The highest BCUT2D eigenvalue weighted by Gasteiger charge is 2.15. The molecule has 0 aliphatic heterocycles. The van der Waals surface area contributed by atoms with Gasteiger partial charge in [0.2, 0.25) is 0 Å². The van der Waals surface area contributed by atoms with Gasteiger partial charge in [-0.3, -0.25) is 9.78 Å². The fraction of sp³-hybridized carbons (Fsp3) is 0.0833. The molecule has 0 bridgehead atoms. The summed E-state index contributed by atoms with van der Waals surface area (Å²) in [5, 5.41) is 11.3. The highest BCUT2D eigenvalue weighted by atomic mass is 16.4. The zero-order valence-corrected chi connectivity index (χ0v) is 9.99. The zero-order valence-electron chi connectivity index (χ0n) is 9.99. The van der Waals surface area contributed by atoms with Crippen molar-refractivity contribution in [3.8, 4) is 0 Å². The summed E-state index contributed by atoms with van der Waals surface area (Å²) in [6, 6.07) is 3.28. The van der Waals surface area contributed by atoms with Crippen molar-refractivity contribution >= 4 is 17.7 Å². The highest BCUT2D eigenvalue weighted by molar-refractivity contribution is 6.06. The highest BCUT2D eigenvalue weighted by Crippen LogP contribution is 2.10. The van der Waals surface area contributed by atoms with Gasteiger partial charge in [0.05, 0.1) is 5.56 Å². The fourth-order valence-electron chi connectivity index (χ4n) is 1.37. The van der Waals surface area contributed by atoms with Gasteiger partial charge in [0, 0.05) is 24.3 Å². The molecule has 2 heterocycles. The van der Waals surface area contributed by atoms with E-state index in [4.69, 9.17) is 5.11 Å². The maximum Gasteiger partial charge on any atom is 0.358 e. The summed E-state index contributed by atoms with van der Waals surface area (Å²) in [4.78, 5) is 34.2. The zero-order chi connectivity index (χ0) is 13.8. The molecule has 1 amide bonds. The molecule has 0 saturated carbocycles. The SMILES string of the molecule is Cc1ccc(C(=O)Nc2nccnc2C(=O)O)cn1. The molecule has 0 spiro atoms. The Kier molecular flexibility index (Phi) is 3.46. The molecule has 2 aromatic heterocycles. The summed E-state index contributed by atoms with van der Waals surface area (Å²) < 4.78 is 0. The quantitative estimate of drug-likeness (QED) is 0.854. The molecule has 0 atom stereocenters. The molecule has 7 heteroatoms. The topological polar surface area (TPSA) is 105 Å². The van der Waals surface area contributed by atoms with Crippen molar-refractivity contribution in [3.63, 3.8) is 0 Å². The Morgan fingerprint density at radius 1 is 1.16 bits per heavy atom. The summed E-state index contributed by atoms with van der Waals surface area (Å²) in [6.07, 6.45) is 3.95. The summed E-state index contributed by atoms with van der Waals surface area (Å²) in [7, 11) is 0. The molecule has 0 aromatic carbocycles. The van der Waals surface area contributed by atoms with E-state index in [-0.39, 0.29) is 11.5 Å². The molecule has 0 aliphatic carbocycles. The van der Waals surface area contributed by atoms with Gasteiger partial charge in [-0.05, 0) is 19.1 Å². The first-order valence-corrected chi connectivity index (χ1v) is 5.36. The first kappa shape index (κ1) is 12.6. The Morgan fingerprint density at radius 3 is 2.53 bits per heavy atom. The lowest BCUT2D eigenvalue weighted by atomic mass is 10.2. The van der Waals surface area contributed by atoms with Crippen LogP contribution in [0.5, 0.6) is 0 Å². The molecule has 19 heavy (non-hydrogen) atoms. The number of aromatic nitrogens is 3. The second-order valence-corrected chi connectivity index (χ2v) is 3.70. The van der Waals surface area contributed by atoms with Crippen molar-refractivity contribution < 1.29 is 14.7 Å². The minimum Gasteiger partial charge on any atom is -0.476 e. The number of aryl methyl sites for hydroxylation is 1. The van der Waals surface area contributed by atoms with Crippen LogP contribution >= 0.6 is 0 Å². The van der Waals surface area contributed by atoms with E-state index < -0.39 is 11.9 Å². The van der Waals surface area contributed by atoms with Crippen LogP contribution in [0.3, 0.4) is 0 Å². The molecule has 2 aromatic rings. The Morgan fingerprint density at radius 2 is 1.89 bits per heavy atom. The summed E-state index contributed by atoms with van der Waals surface area (Å²) in [5.41, 5.74) is 0.783.